The SMILES string of the molecule is CCC(C)(C)c1cc(OCCCC(=O)N2N=C3/C(=C\c4ccc(Cl)cc4)CCCC3C2c2ccc(Cl)cc2)cc(C(C)(C)CC)c1. The molecule has 4 nitrogen and oxygen atoms in total. The van der Waals surface area contributed by atoms with E-state index in [0.29, 0.717) is 29.5 Å². The first-order valence-electron chi connectivity index (χ1n) is 16.8. The number of fused-ring (bicyclic) bond motifs is 1. The highest BCUT2D eigenvalue weighted by molar-refractivity contribution is 6.30. The summed E-state index contributed by atoms with van der Waals surface area (Å²) < 4.78 is 6.35. The number of amides is 1. The highest BCUT2D eigenvalue weighted by Gasteiger charge is 2.43. The predicted octanol–water partition coefficient (Wildman–Crippen LogP) is 11.4. The first-order chi connectivity index (χ1) is 21.9. The Morgan fingerprint density at radius 2 is 1.50 bits per heavy atom. The van der Waals surface area contributed by atoms with Crippen molar-refractivity contribution < 1.29 is 9.53 Å². The zero-order valence-corrected chi connectivity index (χ0v) is 29.7. The van der Waals surface area contributed by atoms with E-state index in [1.807, 2.05) is 48.5 Å². The van der Waals surface area contributed by atoms with Crippen molar-refractivity contribution in [3.05, 3.63) is 105 Å². The van der Waals surface area contributed by atoms with Crippen LogP contribution < -0.4 is 4.74 Å². The maximum absolute atomic E-state index is 13.9. The van der Waals surface area contributed by atoms with E-state index in [9.17, 15) is 4.79 Å². The Labute approximate surface area is 285 Å². The molecule has 3 aromatic rings. The van der Waals surface area contributed by atoms with Crippen molar-refractivity contribution in [3.63, 3.8) is 0 Å². The molecule has 1 saturated carbocycles. The highest BCUT2D eigenvalue weighted by atomic mass is 35.5. The van der Waals surface area contributed by atoms with E-state index in [0.717, 1.165) is 54.7 Å². The summed E-state index contributed by atoms with van der Waals surface area (Å²) in [5, 5.41) is 8.20. The van der Waals surface area contributed by atoms with Crippen molar-refractivity contribution in [1.82, 2.24) is 5.01 Å². The average Bonchev–Trinajstić information content (AvgIpc) is 3.45. The van der Waals surface area contributed by atoms with E-state index >= 15 is 0 Å². The van der Waals surface area contributed by atoms with Gasteiger partial charge in [-0.05, 0) is 120 Å². The van der Waals surface area contributed by atoms with Gasteiger partial charge in [-0.15, -0.1) is 0 Å². The quantitative estimate of drug-likeness (QED) is 0.192. The summed E-state index contributed by atoms with van der Waals surface area (Å²) in [7, 11) is 0. The number of carbonyl (C=O) groups excluding carboxylic acids is 1. The largest absolute Gasteiger partial charge is 0.494 e. The van der Waals surface area contributed by atoms with Crippen molar-refractivity contribution >= 4 is 40.9 Å². The standard InChI is InChI=1S/C40H48Cl2N2O2/c1-7-39(3,4)30-24-31(40(5,6)8-2)26-34(25-30)46-22-10-13-36(45)44-38(28-16-20-33(42)21-17-28)35-12-9-11-29(37(35)43-44)23-27-14-18-32(41)19-15-27/h14-21,23-26,35,38H,7-13,22H2,1-6H3/b29-23-. The molecule has 1 heterocycles. The molecular weight excluding hydrogens is 611 g/mol. The first-order valence-corrected chi connectivity index (χ1v) is 17.6. The van der Waals surface area contributed by atoms with Gasteiger partial charge < -0.3 is 4.74 Å². The summed E-state index contributed by atoms with van der Waals surface area (Å²) in [6.07, 6.45) is 8.22. The molecule has 1 amide bonds. The van der Waals surface area contributed by atoms with Crippen LogP contribution in [0.25, 0.3) is 6.08 Å². The molecular formula is C40H48Cl2N2O2. The third-order valence-electron chi connectivity index (χ3n) is 10.2. The molecule has 1 aliphatic heterocycles. The topological polar surface area (TPSA) is 41.9 Å². The fraction of sp³-hybridized carbons (Fsp3) is 0.450. The molecule has 0 N–H and O–H groups in total. The molecule has 2 atom stereocenters. The molecule has 3 aromatic carbocycles. The van der Waals surface area contributed by atoms with E-state index in [1.165, 1.54) is 16.7 Å². The number of ether oxygens (including phenoxy) is 1. The second kappa shape index (κ2) is 14.4. The minimum Gasteiger partial charge on any atom is -0.494 e. The highest BCUT2D eigenvalue weighted by Crippen LogP contribution is 2.45. The number of hydrogen-bond donors (Lipinski definition) is 0. The molecule has 0 saturated heterocycles. The fourth-order valence-electron chi connectivity index (χ4n) is 6.36. The van der Waals surface area contributed by atoms with Gasteiger partial charge >= 0.3 is 0 Å². The summed E-state index contributed by atoms with van der Waals surface area (Å²) in [5.74, 6) is 1.04. The summed E-state index contributed by atoms with van der Waals surface area (Å²) in [6.45, 7) is 14.1. The van der Waals surface area contributed by atoms with Crippen molar-refractivity contribution in [2.24, 2.45) is 11.0 Å². The monoisotopic (exact) mass is 658 g/mol. The third kappa shape index (κ3) is 7.72. The first kappa shape index (κ1) is 34.3. The van der Waals surface area contributed by atoms with Crippen LogP contribution in [0.3, 0.4) is 0 Å². The van der Waals surface area contributed by atoms with Crippen LogP contribution in [-0.4, -0.2) is 23.2 Å². The number of hydrogen-bond acceptors (Lipinski definition) is 3. The van der Waals surface area contributed by atoms with Gasteiger partial charge in [-0.2, -0.15) is 5.10 Å². The Hall–Kier alpha value is -3.08. The molecule has 5 rings (SSSR count). The van der Waals surface area contributed by atoms with E-state index in [-0.39, 0.29) is 28.7 Å². The Bertz CT molecular complexity index is 1550. The van der Waals surface area contributed by atoms with Gasteiger partial charge in [0.15, 0.2) is 0 Å². The Morgan fingerprint density at radius 1 is 0.913 bits per heavy atom. The number of allylic oxidation sites excluding steroid dienone is 1. The normalized spacial score (nSPS) is 19.3. The number of rotatable bonds is 11. The molecule has 0 spiro atoms. The van der Waals surface area contributed by atoms with Crippen LogP contribution in [0, 0.1) is 5.92 Å². The van der Waals surface area contributed by atoms with Crippen molar-refractivity contribution in [2.75, 3.05) is 6.61 Å². The van der Waals surface area contributed by atoms with Gasteiger partial charge in [0.05, 0.1) is 18.4 Å². The minimum absolute atomic E-state index is 0.0185. The lowest BCUT2D eigenvalue weighted by Gasteiger charge is -2.30. The van der Waals surface area contributed by atoms with Crippen LogP contribution in [0.5, 0.6) is 5.75 Å². The summed E-state index contributed by atoms with van der Waals surface area (Å²) in [6, 6.07) is 22.3. The lowest BCUT2D eigenvalue weighted by Crippen LogP contribution is -2.32. The summed E-state index contributed by atoms with van der Waals surface area (Å²) in [5.41, 5.74) is 7.06. The maximum Gasteiger partial charge on any atom is 0.243 e. The summed E-state index contributed by atoms with van der Waals surface area (Å²) in [4.78, 5) is 13.9. The average molecular weight is 660 g/mol. The van der Waals surface area contributed by atoms with E-state index < -0.39 is 0 Å². The second-order valence-electron chi connectivity index (χ2n) is 14.1. The summed E-state index contributed by atoms with van der Waals surface area (Å²) >= 11 is 12.4. The van der Waals surface area contributed by atoms with E-state index in [2.05, 4.69) is 65.8 Å². The van der Waals surface area contributed by atoms with Gasteiger partial charge in [0.1, 0.15) is 5.75 Å². The molecule has 1 fully saturated rings. The molecule has 1 aliphatic carbocycles. The van der Waals surface area contributed by atoms with Crippen molar-refractivity contribution in [2.45, 2.75) is 103 Å². The molecule has 0 aromatic heterocycles. The Kier molecular flexibility index (Phi) is 10.7. The number of carbonyl (C=O) groups is 1. The second-order valence-corrected chi connectivity index (χ2v) is 15.0. The van der Waals surface area contributed by atoms with Crippen LogP contribution in [0.4, 0.5) is 0 Å². The smallest absolute Gasteiger partial charge is 0.243 e. The van der Waals surface area contributed by atoms with Crippen LogP contribution in [0.15, 0.2) is 77.4 Å². The van der Waals surface area contributed by atoms with Gasteiger partial charge in [0.25, 0.3) is 0 Å². The number of benzene rings is 3. The molecule has 46 heavy (non-hydrogen) atoms. The Morgan fingerprint density at radius 3 is 2.09 bits per heavy atom. The van der Waals surface area contributed by atoms with Gasteiger partial charge in [0.2, 0.25) is 5.91 Å². The van der Waals surface area contributed by atoms with Gasteiger partial charge in [0, 0.05) is 22.4 Å². The van der Waals surface area contributed by atoms with Gasteiger partial charge in [-0.3, -0.25) is 4.79 Å². The van der Waals surface area contributed by atoms with Crippen LogP contribution in [0.2, 0.25) is 10.0 Å². The molecule has 0 bridgehead atoms. The lowest BCUT2D eigenvalue weighted by atomic mass is 9.76. The van der Waals surface area contributed by atoms with Crippen LogP contribution in [-0.2, 0) is 15.6 Å². The van der Waals surface area contributed by atoms with Crippen LogP contribution in [0.1, 0.15) is 115 Å². The van der Waals surface area contributed by atoms with Gasteiger partial charge in [-0.1, -0.05) is 95.1 Å². The van der Waals surface area contributed by atoms with E-state index in [1.54, 1.807) is 5.01 Å². The van der Waals surface area contributed by atoms with Crippen molar-refractivity contribution in [1.29, 1.82) is 0 Å². The lowest BCUT2D eigenvalue weighted by molar-refractivity contribution is -0.133. The number of hydrazone groups is 1. The zero-order chi connectivity index (χ0) is 33.1. The third-order valence-corrected chi connectivity index (χ3v) is 10.7. The minimum atomic E-state index is -0.151. The maximum atomic E-state index is 13.9. The molecule has 244 valence electrons. The Balaban J connectivity index is 1.34. The zero-order valence-electron chi connectivity index (χ0n) is 28.2. The predicted molar refractivity (Wildman–Crippen MR) is 193 cm³/mol. The van der Waals surface area contributed by atoms with Crippen LogP contribution >= 0.6 is 23.2 Å². The molecule has 6 heteroatoms. The number of halogens is 2. The molecule has 2 aliphatic rings. The van der Waals surface area contributed by atoms with E-state index in [4.69, 9.17) is 33.0 Å². The molecule has 0 radical (unpaired) electrons. The number of nitrogens with zero attached hydrogens (tertiary/aromatic N) is 2. The fourth-order valence-corrected chi connectivity index (χ4v) is 6.61. The van der Waals surface area contributed by atoms with Gasteiger partial charge in [-0.25, -0.2) is 5.01 Å². The van der Waals surface area contributed by atoms with Crippen molar-refractivity contribution in [3.8, 4) is 5.75 Å². The molecule has 2 unspecified atom stereocenters.